The van der Waals surface area contributed by atoms with E-state index in [0.29, 0.717) is 11.1 Å². The van der Waals surface area contributed by atoms with Gasteiger partial charge in [-0.15, -0.1) is 0 Å². The van der Waals surface area contributed by atoms with Crippen LogP contribution in [-0.2, 0) is 37.5 Å². The monoisotopic (exact) mass is 264 g/mol. The molecule has 1 aromatic carbocycles. The number of benzene rings is 1. The van der Waals surface area contributed by atoms with Crippen LogP contribution in [0.15, 0.2) is 24.3 Å². The maximum atomic E-state index is 10.9. The molecule has 1 aliphatic heterocycles. The first-order chi connectivity index (χ1) is 6.29. The molecule has 0 fully saturated rings. The number of hydrogen-bond acceptors (Lipinski definition) is 3. The SMILES string of the molecule is O=C1[N-]C(=O)c2ccccc21.[CH-]=O.[Y]. The number of imide groups is 1. The Morgan fingerprint density at radius 2 is 1.29 bits per heavy atom. The molecule has 1 radical (unpaired) electrons. The van der Waals surface area contributed by atoms with Gasteiger partial charge >= 0.3 is 0 Å². The molecule has 1 heterocycles. The van der Waals surface area contributed by atoms with Crippen molar-refractivity contribution in [1.29, 1.82) is 0 Å². The van der Waals surface area contributed by atoms with Crippen molar-refractivity contribution < 1.29 is 47.1 Å². The third-order valence-electron chi connectivity index (χ3n) is 1.59. The third kappa shape index (κ3) is 2.33. The maximum Gasteiger partial charge on any atom is 0.0883 e. The average molecular weight is 264 g/mol. The Morgan fingerprint density at radius 1 is 0.929 bits per heavy atom. The Labute approximate surface area is 106 Å². The van der Waals surface area contributed by atoms with Crippen LogP contribution in [0.1, 0.15) is 20.7 Å². The van der Waals surface area contributed by atoms with Gasteiger partial charge in [0.2, 0.25) is 0 Å². The summed E-state index contributed by atoms with van der Waals surface area (Å²) in [4.78, 5) is 29.5. The van der Waals surface area contributed by atoms with Crippen molar-refractivity contribution in [3.8, 4) is 0 Å². The molecule has 0 saturated carbocycles. The second-order valence-electron chi connectivity index (χ2n) is 2.27. The van der Waals surface area contributed by atoms with Crippen LogP contribution in [0.2, 0.25) is 0 Å². The van der Waals surface area contributed by atoms with Gasteiger partial charge in [0, 0.05) is 43.8 Å². The topological polar surface area (TPSA) is 65.3 Å². The van der Waals surface area contributed by atoms with Gasteiger partial charge in [-0.3, -0.25) is 6.79 Å². The summed E-state index contributed by atoms with van der Waals surface area (Å²) in [5.74, 6) is -0.851. The van der Waals surface area contributed by atoms with Gasteiger partial charge in [-0.05, 0) is 0 Å². The fourth-order valence-electron chi connectivity index (χ4n) is 1.07. The van der Waals surface area contributed by atoms with Crippen LogP contribution >= 0.6 is 0 Å². The first-order valence-electron chi connectivity index (χ1n) is 3.42. The van der Waals surface area contributed by atoms with E-state index in [1.807, 2.05) is 0 Å². The number of nitrogens with zero attached hydrogens (tertiary/aromatic N) is 1. The van der Waals surface area contributed by atoms with Gasteiger partial charge in [0.25, 0.3) is 0 Å². The second kappa shape index (κ2) is 5.78. The van der Waals surface area contributed by atoms with Crippen molar-refractivity contribution in [2.24, 2.45) is 0 Å². The number of carbonyl (C=O) groups excluding carboxylic acids is 3. The van der Waals surface area contributed by atoms with E-state index >= 15 is 0 Å². The Balaban J connectivity index is 0.000000531. The number of rotatable bonds is 0. The summed E-state index contributed by atoms with van der Waals surface area (Å²) in [6.07, 6.45) is 0. The Hall–Kier alpha value is -0.866. The van der Waals surface area contributed by atoms with E-state index in [1.165, 1.54) is 0 Å². The molecule has 4 nitrogen and oxygen atoms in total. The van der Waals surface area contributed by atoms with E-state index in [0.717, 1.165) is 0 Å². The van der Waals surface area contributed by atoms with E-state index in [-0.39, 0.29) is 32.7 Å². The van der Waals surface area contributed by atoms with Crippen molar-refractivity contribution in [2.75, 3.05) is 0 Å². The second-order valence-corrected chi connectivity index (χ2v) is 2.27. The van der Waals surface area contributed by atoms with Gasteiger partial charge in [0.05, 0.1) is 11.8 Å². The summed E-state index contributed by atoms with van der Waals surface area (Å²) in [6, 6.07) is 6.63. The number of fused-ring (bicyclic) bond motifs is 1. The zero-order chi connectivity index (χ0) is 9.84. The molecule has 14 heavy (non-hydrogen) atoms. The molecule has 0 N–H and O–H groups in total. The molecule has 2 amide bonds. The largest absolute Gasteiger partial charge is 0.587 e. The molecule has 5 heteroatoms. The smallest absolute Gasteiger partial charge is 0.0883 e. The molecule has 0 atom stereocenters. The number of hydrogen-bond donors (Lipinski definition) is 0. The Kier molecular flexibility index (Phi) is 5.42. The first-order valence-corrected chi connectivity index (χ1v) is 3.42. The van der Waals surface area contributed by atoms with Crippen molar-refractivity contribution >= 4 is 18.6 Å². The molecule has 2 rings (SSSR count). The van der Waals surface area contributed by atoms with Crippen LogP contribution in [0.25, 0.3) is 5.32 Å². The fourth-order valence-corrected chi connectivity index (χ4v) is 1.07. The molecule has 0 saturated heterocycles. The number of amides is 2. The van der Waals surface area contributed by atoms with Crippen LogP contribution in [0.5, 0.6) is 0 Å². The summed E-state index contributed by atoms with van der Waals surface area (Å²) in [5, 5.41) is 3.28. The molecule has 0 spiro atoms. The van der Waals surface area contributed by atoms with Crippen LogP contribution in [-0.4, -0.2) is 18.6 Å². The van der Waals surface area contributed by atoms with Gasteiger partial charge in [0.1, 0.15) is 0 Å². The molecular weight excluding hydrogens is 259 g/mol. The standard InChI is InChI=1S/C8H5NO2.CHO.Y/c10-7-5-3-1-2-4-6(5)8(11)9-7;1-2;/h1-4H,(H,9,10,11);1H;/q;-1;/p-1. The minimum absolute atomic E-state index is 0. The summed E-state index contributed by atoms with van der Waals surface area (Å²) in [5.41, 5.74) is 0.829. The van der Waals surface area contributed by atoms with E-state index in [4.69, 9.17) is 4.79 Å². The van der Waals surface area contributed by atoms with Gasteiger partial charge in [-0.25, -0.2) is 0 Å². The van der Waals surface area contributed by atoms with Crippen LogP contribution in [0.3, 0.4) is 0 Å². The predicted molar refractivity (Wildman–Crippen MR) is 45.2 cm³/mol. The fraction of sp³-hybridized carbons (Fsp3) is 0. The molecule has 0 unspecified atom stereocenters. The Bertz CT molecular complexity index is 332. The first kappa shape index (κ1) is 13.1. The van der Waals surface area contributed by atoms with E-state index in [2.05, 4.69) is 12.1 Å². The van der Waals surface area contributed by atoms with E-state index in [1.54, 1.807) is 24.3 Å². The average Bonchev–Trinajstić information content (AvgIpc) is 2.47. The zero-order valence-corrected chi connectivity index (χ0v) is 9.97. The minimum Gasteiger partial charge on any atom is -0.587 e. The molecule has 1 aromatic rings. The molecule has 0 bridgehead atoms. The molecular formula is C9H5NO3Y-2. The number of carbonyl (C=O) groups is 2. The summed E-state index contributed by atoms with van der Waals surface area (Å²) >= 11 is 0. The van der Waals surface area contributed by atoms with Crippen LogP contribution in [0.4, 0.5) is 0 Å². The normalized spacial score (nSPS) is 11.7. The maximum absolute atomic E-state index is 10.9. The molecule has 1 aliphatic rings. The Morgan fingerprint density at radius 3 is 1.64 bits per heavy atom. The van der Waals surface area contributed by atoms with E-state index in [9.17, 15) is 9.59 Å². The minimum atomic E-state index is -0.425. The van der Waals surface area contributed by atoms with Gasteiger partial charge < -0.3 is 19.7 Å². The quantitative estimate of drug-likeness (QED) is 0.400. The summed E-state index contributed by atoms with van der Waals surface area (Å²) < 4.78 is 0. The van der Waals surface area contributed by atoms with Gasteiger partial charge in [0.15, 0.2) is 0 Å². The van der Waals surface area contributed by atoms with Crippen LogP contribution in [0, 0.1) is 0 Å². The van der Waals surface area contributed by atoms with Gasteiger partial charge in [-0.1, -0.05) is 24.3 Å². The van der Waals surface area contributed by atoms with Crippen molar-refractivity contribution in [3.63, 3.8) is 0 Å². The van der Waals surface area contributed by atoms with Crippen LogP contribution < -0.4 is 0 Å². The van der Waals surface area contributed by atoms with Crippen molar-refractivity contribution in [1.82, 2.24) is 0 Å². The van der Waals surface area contributed by atoms with E-state index < -0.39 is 11.8 Å². The summed E-state index contributed by atoms with van der Waals surface area (Å²) in [6.45, 7) is 3.25. The third-order valence-corrected chi connectivity index (χ3v) is 1.59. The molecule has 69 valence electrons. The van der Waals surface area contributed by atoms with Crippen molar-refractivity contribution in [2.45, 2.75) is 0 Å². The predicted octanol–water partition coefficient (Wildman–Crippen LogP) is 1.08. The molecule has 0 aromatic heterocycles. The van der Waals surface area contributed by atoms with Gasteiger partial charge in [-0.2, -0.15) is 0 Å². The zero-order valence-electron chi connectivity index (χ0n) is 7.14. The van der Waals surface area contributed by atoms with Crippen molar-refractivity contribution in [3.05, 3.63) is 40.7 Å². The molecule has 0 aliphatic carbocycles. The summed E-state index contributed by atoms with van der Waals surface area (Å²) in [7, 11) is 0.